The molecule has 3 rings (SSSR count). The summed E-state index contributed by atoms with van der Waals surface area (Å²) < 4.78 is 10.5. The highest BCUT2D eigenvalue weighted by atomic mass is 16.5. The van der Waals surface area contributed by atoms with E-state index >= 15 is 0 Å². The molecule has 0 aliphatic carbocycles. The number of hydrogen-bond donors (Lipinski definition) is 2. The van der Waals surface area contributed by atoms with Crippen LogP contribution in [0.1, 0.15) is 48.2 Å². The van der Waals surface area contributed by atoms with Crippen molar-refractivity contribution in [1.29, 1.82) is 5.41 Å². The predicted octanol–water partition coefficient (Wildman–Crippen LogP) is 3.34. The summed E-state index contributed by atoms with van der Waals surface area (Å²) >= 11 is 0. The van der Waals surface area contributed by atoms with Crippen molar-refractivity contribution in [2.24, 2.45) is 5.73 Å². The summed E-state index contributed by atoms with van der Waals surface area (Å²) in [6.45, 7) is 4.26. The number of benzene rings is 2. The van der Waals surface area contributed by atoms with Crippen LogP contribution in [0.2, 0.25) is 0 Å². The summed E-state index contributed by atoms with van der Waals surface area (Å²) in [6, 6.07) is 13.0. The lowest BCUT2D eigenvalue weighted by molar-refractivity contribution is -0.151. The summed E-state index contributed by atoms with van der Waals surface area (Å²) in [5.41, 5.74) is 7.87. The van der Waals surface area contributed by atoms with E-state index in [0.717, 1.165) is 17.5 Å². The van der Waals surface area contributed by atoms with E-state index < -0.39 is 12.0 Å². The van der Waals surface area contributed by atoms with E-state index in [1.54, 1.807) is 73.4 Å². The van der Waals surface area contributed by atoms with Gasteiger partial charge in [-0.25, -0.2) is 9.59 Å². The molecule has 1 aliphatic heterocycles. The van der Waals surface area contributed by atoms with Crippen LogP contribution in [0.25, 0.3) is 6.08 Å². The van der Waals surface area contributed by atoms with E-state index in [4.69, 9.17) is 20.6 Å². The smallest absolute Gasteiger partial charge is 0.343 e. The molecule has 1 saturated heterocycles. The number of esters is 2. The second kappa shape index (κ2) is 11.3. The van der Waals surface area contributed by atoms with Gasteiger partial charge in [-0.2, -0.15) is 0 Å². The first-order valence-corrected chi connectivity index (χ1v) is 11.2. The summed E-state index contributed by atoms with van der Waals surface area (Å²) in [7, 11) is 0. The molecule has 1 unspecified atom stereocenters. The Bertz CT molecular complexity index is 1090. The Kier molecular flexibility index (Phi) is 8.19. The highest BCUT2D eigenvalue weighted by Gasteiger charge is 2.35. The number of rotatable bonds is 8. The van der Waals surface area contributed by atoms with Crippen LogP contribution in [-0.2, 0) is 20.7 Å². The lowest BCUT2D eigenvalue weighted by atomic mass is 10.1. The molecule has 0 radical (unpaired) electrons. The number of carbonyl (C=O) groups excluding carboxylic acids is 3. The van der Waals surface area contributed by atoms with E-state index in [1.165, 1.54) is 0 Å². The molecule has 3 N–H and O–H groups in total. The third-order valence-electron chi connectivity index (χ3n) is 5.47. The maximum Gasteiger partial charge on any atom is 0.343 e. The Morgan fingerprint density at radius 3 is 2.41 bits per heavy atom. The van der Waals surface area contributed by atoms with Gasteiger partial charge in [-0.3, -0.25) is 10.2 Å². The van der Waals surface area contributed by atoms with Gasteiger partial charge in [0, 0.05) is 18.5 Å². The van der Waals surface area contributed by atoms with Gasteiger partial charge in [0.15, 0.2) is 0 Å². The van der Waals surface area contributed by atoms with Crippen LogP contribution < -0.4 is 10.5 Å². The number of nitrogens with zero attached hydrogens (tertiary/aromatic N) is 1. The number of hydrogen-bond acceptors (Lipinski definition) is 6. The largest absolute Gasteiger partial charge is 0.464 e. The fourth-order valence-electron chi connectivity index (χ4n) is 3.81. The number of ether oxygens (including phenoxy) is 2. The lowest BCUT2D eigenvalue weighted by Gasteiger charge is -2.23. The van der Waals surface area contributed by atoms with Gasteiger partial charge < -0.3 is 20.1 Å². The number of nitrogens with two attached hydrogens (primary N) is 1. The van der Waals surface area contributed by atoms with Crippen molar-refractivity contribution in [3.05, 3.63) is 70.8 Å². The molecule has 34 heavy (non-hydrogen) atoms. The first-order chi connectivity index (χ1) is 16.3. The molecule has 2 aromatic rings. The zero-order valence-corrected chi connectivity index (χ0v) is 19.4. The van der Waals surface area contributed by atoms with Crippen LogP contribution in [0.3, 0.4) is 0 Å². The van der Waals surface area contributed by atoms with Crippen molar-refractivity contribution in [3.63, 3.8) is 0 Å². The van der Waals surface area contributed by atoms with Crippen LogP contribution >= 0.6 is 0 Å². The molecule has 1 heterocycles. The van der Waals surface area contributed by atoms with Gasteiger partial charge in [0.2, 0.25) is 5.91 Å². The predicted molar refractivity (Wildman–Crippen MR) is 128 cm³/mol. The van der Waals surface area contributed by atoms with Crippen LogP contribution in [0.5, 0.6) is 5.75 Å². The Morgan fingerprint density at radius 2 is 1.79 bits per heavy atom. The molecule has 1 atom stereocenters. The summed E-state index contributed by atoms with van der Waals surface area (Å²) in [6.07, 6.45) is 3.44. The van der Waals surface area contributed by atoms with Crippen molar-refractivity contribution in [1.82, 2.24) is 4.90 Å². The maximum atomic E-state index is 12.9. The third-order valence-corrected chi connectivity index (χ3v) is 5.47. The molecule has 1 amide bonds. The summed E-state index contributed by atoms with van der Waals surface area (Å²) in [5, 5.41) is 7.33. The zero-order valence-electron chi connectivity index (χ0n) is 19.4. The van der Waals surface area contributed by atoms with Gasteiger partial charge in [-0.1, -0.05) is 24.3 Å². The Balaban J connectivity index is 1.63. The molecular formula is C26H29N3O5. The van der Waals surface area contributed by atoms with Crippen LogP contribution in [0.4, 0.5) is 0 Å². The highest BCUT2D eigenvalue weighted by molar-refractivity contribution is 5.99. The Labute approximate surface area is 198 Å². The molecule has 0 spiro atoms. The molecular weight excluding hydrogens is 434 g/mol. The van der Waals surface area contributed by atoms with Gasteiger partial charge in [0.1, 0.15) is 11.8 Å². The molecule has 178 valence electrons. The van der Waals surface area contributed by atoms with Gasteiger partial charge in [-0.05, 0) is 68.2 Å². The topological polar surface area (TPSA) is 123 Å². The zero-order chi connectivity index (χ0) is 24.7. The number of nitrogens with one attached hydrogen (secondary N) is 1. The van der Waals surface area contributed by atoms with E-state index in [-0.39, 0.29) is 24.3 Å². The van der Waals surface area contributed by atoms with Crippen LogP contribution in [0, 0.1) is 5.41 Å². The molecule has 0 aromatic heterocycles. The highest BCUT2D eigenvalue weighted by Crippen LogP contribution is 2.22. The van der Waals surface area contributed by atoms with E-state index in [9.17, 15) is 14.4 Å². The SMILES string of the molecule is CCOC(=O)C1CCCN1C(=O)/C(C)=C/c1ccc(C(=O)Oc2ccc(CC(=N)N)cc2)cc1. The second-order valence-electron chi connectivity index (χ2n) is 8.09. The van der Waals surface area contributed by atoms with Crippen molar-refractivity contribution < 1.29 is 23.9 Å². The van der Waals surface area contributed by atoms with Gasteiger partial charge >= 0.3 is 11.9 Å². The minimum Gasteiger partial charge on any atom is -0.464 e. The van der Waals surface area contributed by atoms with Crippen molar-refractivity contribution in [3.8, 4) is 5.75 Å². The van der Waals surface area contributed by atoms with Gasteiger partial charge in [0.25, 0.3) is 0 Å². The van der Waals surface area contributed by atoms with E-state index in [1.807, 2.05) is 0 Å². The molecule has 8 heteroatoms. The van der Waals surface area contributed by atoms with Crippen molar-refractivity contribution in [2.45, 2.75) is 39.2 Å². The molecule has 2 aromatic carbocycles. The monoisotopic (exact) mass is 463 g/mol. The first kappa shape index (κ1) is 24.7. The third kappa shape index (κ3) is 6.31. The summed E-state index contributed by atoms with van der Waals surface area (Å²) in [5.74, 6) is -0.610. The number of amidine groups is 1. The first-order valence-electron chi connectivity index (χ1n) is 11.2. The second-order valence-corrected chi connectivity index (χ2v) is 8.09. The van der Waals surface area contributed by atoms with Crippen LogP contribution in [-0.4, -0.2) is 47.8 Å². The minimum absolute atomic E-state index is 0.0649. The van der Waals surface area contributed by atoms with Crippen molar-refractivity contribution >= 4 is 29.8 Å². The normalized spacial score (nSPS) is 15.6. The molecule has 0 bridgehead atoms. The average molecular weight is 464 g/mol. The van der Waals surface area contributed by atoms with E-state index in [2.05, 4.69) is 0 Å². The maximum absolute atomic E-state index is 12.9. The van der Waals surface area contributed by atoms with Crippen molar-refractivity contribution in [2.75, 3.05) is 13.2 Å². The average Bonchev–Trinajstić information content (AvgIpc) is 3.30. The summed E-state index contributed by atoms with van der Waals surface area (Å²) in [4.78, 5) is 39.0. The number of amides is 1. The number of carbonyl (C=O) groups is 3. The Morgan fingerprint density at radius 1 is 1.12 bits per heavy atom. The fraction of sp³-hybridized carbons (Fsp3) is 0.308. The lowest BCUT2D eigenvalue weighted by Crippen LogP contribution is -2.41. The quantitative estimate of drug-likeness (QED) is 0.204. The van der Waals surface area contributed by atoms with Gasteiger partial charge in [0.05, 0.1) is 18.0 Å². The van der Waals surface area contributed by atoms with E-state index in [0.29, 0.717) is 36.3 Å². The molecule has 1 fully saturated rings. The minimum atomic E-state index is -0.538. The number of likely N-dealkylation sites (tertiary alicyclic amines) is 1. The van der Waals surface area contributed by atoms with Crippen LogP contribution in [0.15, 0.2) is 54.1 Å². The molecule has 0 saturated carbocycles. The Hall–Kier alpha value is -3.94. The standard InChI is InChI=1S/C26H29N3O5/c1-3-33-26(32)22-5-4-14-29(22)24(30)17(2)15-18-6-10-20(11-7-18)25(31)34-21-12-8-19(9-13-21)16-23(27)28/h6-13,15,22H,3-5,14,16H2,1-2H3,(H3,27,28)/b17-15+. The fourth-order valence-corrected chi connectivity index (χ4v) is 3.81. The molecule has 8 nitrogen and oxygen atoms in total. The molecule has 1 aliphatic rings. The van der Waals surface area contributed by atoms with Gasteiger partial charge in [-0.15, -0.1) is 0 Å².